The third-order valence-electron chi connectivity index (χ3n) is 5.24. The number of nitrogens with one attached hydrogen (secondary N) is 1. The SMILES string of the molecule is Cc1cccc(NS(=O)(=O)c2ccc(OCC(=O)N3c4ccccc4CC3C)cc2)c1. The van der Waals surface area contributed by atoms with Crippen molar-refractivity contribution in [3.05, 3.63) is 83.9 Å². The van der Waals surface area contributed by atoms with Crippen LogP contribution in [-0.4, -0.2) is 27.0 Å². The Labute approximate surface area is 182 Å². The summed E-state index contributed by atoms with van der Waals surface area (Å²) >= 11 is 0. The minimum Gasteiger partial charge on any atom is -0.484 e. The standard InChI is InChI=1S/C24H24N2O4S/c1-17-6-5-8-20(14-17)25-31(28,29)22-12-10-21(11-13-22)30-16-24(27)26-18(2)15-19-7-3-4-9-23(19)26/h3-14,18,25H,15-16H2,1-2H3. The number of sulfonamides is 1. The molecule has 0 spiro atoms. The first-order valence-electron chi connectivity index (χ1n) is 10.1. The van der Waals surface area contributed by atoms with Crippen LogP contribution >= 0.6 is 0 Å². The van der Waals surface area contributed by atoms with Crippen LogP contribution in [0, 0.1) is 6.92 Å². The molecule has 1 atom stereocenters. The first-order chi connectivity index (χ1) is 14.8. The molecule has 1 heterocycles. The smallest absolute Gasteiger partial charge is 0.265 e. The van der Waals surface area contributed by atoms with Gasteiger partial charge in [0.25, 0.3) is 15.9 Å². The molecule has 0 bridgehead atoms. The third-order valence-corrected chi connectivity index (χ3v) is 6.64. The highest BCUT2D eigenvalue weighted by atomic mass is 32.2. The molecule has 1 aliphatic rings. The molecule has 0 saturated carbocycles. The molecule has 1 amide bonds. The van der Waals surface area contributed by atoms with E-state index in [9.17, 15) is 13.2 Å². The molecule has 0 fully saturated rings. The Balaban J connectivity index is 1.40. The van der Waals surface area contributed by atoms with E-state index in [1.807, 2.05) is 44.2 Å². The molecular weight excluding hydrogens is 412 g/mol. The number of aryl methyl sites for hydroxylation is 1. The lowest BCUT2D eigenvalue weighted by atomic mass is 10.1. The molecule has 1 aliphatic heterocycles. The first kappa shape index (κ1) is 20.9. The second-order valence-corrected chi connectivity index (χ2v) is 9.36. The van der Waals surface area contributed by atoms with Gasteiger partial charge in [0.2, 0.25) is 0 Å². The minimum absolute atomic E-state index is 0.0775. The van der Waals surface area contributed by atoms with Gasteiger partial charge in [-0.2, -0.15) is 0 Å². The second kappa shape index (κ2) is 8.43. The van der Waals surface area contributed by atoms with E-state index in [1.165, 1.54) is 12.1 Å². The lowest BCUT2D eigenvalue weighted by molar-refractivity contribution is -0.120. The largest absolute Gasteiger partial charge is 0.484 e. The van der Waals surface area contributed by atoms with Gasteiger partial charge < -0.3 is 9.64 Å². The van der Waals surface area contributed by atoms with Crippen molar-refractivity contribution >= 4 is 27.3 Å². The van der Waals surface area contributed by atoms with Gasteiger partial charge in [-0.1, -0.05) is 30.3 Å². The summed E-state index contributed by atoms with van der Waals surface area (Å²) in [5.41, 5.74) is 3.54. The summed E-state index contributed by atoms with van der Waals surface area (Å²) in [5.74, 6) is 0.304. The van der Waals surface area contributed by atoms with E-state index in [-0.39, 0.29) is 23.5 Å². The van der Waals surface area contributed by atoms with Crippen molar-refractivity contribution in [2.75, 3.05) is 16.2 Å². The predicted octanol–water partition coefficient (Wildman–Crippen LogP) is 4.15. The number of carbonyl (C=O) groups excluding carboxylic acids is 1. The van der Waals surface area contributed by atoms with Crippen LogP contribution in [0.15, 0.2) is 77.7 Å². The van der Waals surface area contributed by atoms with Crippen molar-refractivity contribution in [3.8, 4) is 5.75 Å². The van der Waals surface area contributed by atoms with E-state index in [0.717, 1.165) is 23.2 Å². The Morgan fingerprint density at radius 3 is 2.55 bits per heavy atom. The molecule has 0 radical (unpaired) electrons. The highest BCUT2D eigenvalue weighted by molar-refractivity contribution is 7.92. The van der Waals surface area contributed by atoms with E-state index < -0.39 is 10.0 Å². The molecule has 31 heavy (non-hydrogen) atoms. The maximum Gasteiger partial charge on any atom is 0.265 e. The monoisotopic (exact) mass is 436 g/mol. The molecule has 0 saturated heterocycles. The van der Waals surface area contributed by atoms with Gasteiger partial charge in [0.05, 0.1) is 4.90 Å². The maximum absolute atomic E-state index is 12.7. The summed E-state index contributed by atoms with van der Waals surface area (Å²) in [5, 5.41) is 0. The number of anilines is 2. The Kier molecular flexibility index (Phi) is 5.69. The van der Waals surface area contributed by atoms with Gasteiger partial charge in [-0.05, 0) is 73.9 Å². The summed E-state index contributed by atoms with van der Waals surface area (Å²) in [7, 11) is -3.71. The highest BCUT2D eigenvalue weighted by Crippen LogP contribution is 2.32. The van der Waals surface area contributed by atoms with Gasteiger partial charge in [0.15, 0.2) is 6.61 Å². The van der Waals surface area contributed by atoms with E-state index in [0.29, 0.717) is 11.4 Å². The number of fused-ring (bicyclic) bond motifs is 1. The van der Waals surface area contributed by atoms with Crippen molar-refractivity contribution in [1.82, 2.24) is 0 Å². The quantitative estimate of drug-likeness (QED) is 0.630. The first-order valence-corrected chi connectivity index (χ1v) is 11.5. The molecule has 7 heteroatoms. The van der Waals surface area contributed by atoms with Crippen LogP contribution in [-0.2, 0) is 21.2 Å². The van der Waals surface area contributed by atoms with Crippen LogP contribution in [0.2, 0.25) is 0 Å². The van der Waals surface area contributed by atoms with Crippen molar-refractivity contribution in [1.29, 1.82) is 0 Å². The van der Waals surface area contributed by atoms with Crippen molar-refractivity contribution < 1.29 is 17.9 Å². The van der Waals surface area contributed by atoms with Gasteiger partial charge in [0, 0.05) is 17.4 Å². The van der Waals surface area contributed by atoms with Gasteiger partial charge >= 0.3 is 0 Å². The fourth-order valence-corrected chi connectivity index (χ4v) is 4.85. The number of amides is 1. The van der Waals surface area contributed by atoms with Crippen molar-refractivity contribution in [3.63, 3.8) is 0 Å². The number of benzene rings is 3. The Morgan fingerprint density at radius 2 is 1.81 bits per heavy atom. The van der Waals surface area contributed by atoms with Crippen molar-refractivity contribution in [2.45, 2.75) is 31.2 Å². The normalized spacial score (nSPS) is 15.4. The maximum atomic E-state index is 12.7. The number of ether oxygens (including phenoxy) is 1. The molecule has 1 unspecified atom stereocenters. The van der Waals surface area contributed by atoms with E-state index in [2.05, 4.69) is 4.72 Å². The average Bonchev–Trinajstić information content (AvgIpc) is 3.08. The number of hydrogen-bond donors (Lipinski definition) is 1. The van der Waals surface area contributed by atoms with Gasteiger partial charge in [-0.15, -0.1) is 0 Å². The molecule has 1 N–H and O–H groups in total. The van der Waals surface area contributed by atoms with Crippen LogP contribution in [0.1, 0.15) is 18.1 Å². The topological polar surface area (TPSA) is 75.7 Å². The highest BCUT2D eigenvalue weighted by Gasteiger charge is 2.30. The van der Waals surface area contributed by atoms with Crippen LogP contribution in [0.5, 0.6) is 5.75 Å². The fourth-order valence-electron chi connectivity index (χ4n) is 3.80. The summed E-state index contributed by atoms with van der Waals surface area (Å²) in [6.45, 7) is 3.79. The van der Waals surface area contributed by atoms with Gasteiger partial charge in [-0.25, -0.2) is 8.42 Å². The number of para-hydroxylation sites is 1. The summed E-state index contributed by atoms with van der Waals surface area (Å²) < 4.78 is 33.4. The summed E-state index contributed by atoms with van der Waals surface area (Å²) in [4.78, 5) is 14.6. The molecule has 0 aromatic heterocycles. The summed E-state index contributed by atoms with van der Waals surface area (Å²) in [6, 6.07) is 21.1. The number of nitrogens with zero attached hydrogens (tertiary/aromatic N) is 1. The zero-order valence-electron chi connectivity index (χ0n) is 17.4. The molecule has 160 valence electrons. The lowest BCUT2D eigenvalue weighted by Gasteiger charge is -2.22. The van der Waals surface area contributed by atoms with E-state index in [1.54, 1.807) is 35.2 Å². The molecule has 3 aromatic rings. The number of rotatable bonds is 6. The molecule has 3 aromatic carbocycles. The third kappa shape index (κ3) is 4.56. The van der Waals surface area contributed by atoms with E-state index in [4.69, 9.17) is 4.74 Å². The summed E-state index contributed by atoms with van der Waals surface area (Å²) in [6.07, 6.45) is 0.822. The zero-order chi connectivity index (χ0) is 22.0. The molecule has 4 rings (SSSR count). The van der Waals surface area contributed by atoms with Gasteiger partial charge in [-0.3, -0.25) is 9.52 Å². The van der Waals surface area contributed by atoms with Crippen LogP contribution in [0.3, 0.4) is 0 Å². The number of hydrogen-bond acceptors (Lipinski definition) is 4. The van der Waals surface area contributed by atoms with Gasteiger partial charge in [0.1, 0.15) is 5.75 Å². The number of carbonyl (C=O) groups is 1. The average molecular weight is 437 g/mol. The predicted molar refractivity (Wildman–Crippen MR) is 121 cm³/mol. The van der Waals surface area contributed by atoms with Crippen LogP contribution in [0.25, 0.3) is 0 Å². The van der Waals surface area contributed by atoms with Crippen LogP contribution < -0.4 is 14.4 Å². The van der Waals surface area contributed by atoms with Crippen molar-refractivity contribution in [2.24, 2.45) is 0 Å². The van der Waals surface area contributed by atoms with E-state index >= 15 is 0 Å². The fraction of sp³-hybridized carbons (Fsp3) is 0.208. The molecule has 6 nitrogen and oxygen atoms in total. The lowest BCUT2D eigenvalue weighted by Crippen LogP contribution is -2.39. The molecular formula is C24H24N2O4S. The Morgan fingerprint density at radius 1 is 1.06 bits per heavy atom. The Bertz CT molecular complexity index is 1210. The molecule has 0 aliphatic carbocycles. The second-order valence-electron chi connectivity index (χ2n) is 7.68. The van der Waals surface area contributed by atoms with Crippen LogP contribution in [0.4, 0.5) is 11.4 Å². The zero-order valence-corrected chi connectivity index (χ0v) is 18.2. The Hall–Kier alpha value is -3.32. The minimum atomic E-state index is -3.71.